The van der Waals surface area contributed by atoms with Gasteiger partial charge in [0.05, 0.1) is 14.9 Å². The van der Waals surface area contributed by atoms with Crippen molar-refractivity contribution in [1.82, 2.24) is 0 Å². The second kappa shape index (κ2) is 18.7. The van der Waals surface area contributed by atoms with Crippen LogP contribution in [0.3, 0.4) is 0 Å². The predicted molar refractivity (Wildman–Crippen MR) is 234 cm³/mol. The summed E-state index contributed by atoms with van der Waals surface area (Å²) < 4.78 is 1.96. The maximum Gasteiger partial charge on any atom is 0.133 e. The van der Waals surface area contributed by atoms with E-state index in [0.29, 0.717) is 18.0 Å². The van der Waals surface area contributed by atoms with Crippen molar-refractivity contribution in [3.63, 3.8) is 0 Å². The van der Waals surface area contributed by atoms with Gasteiger partial charge in [0.1, 0.15) is 11.5 Å². The number of anilines is 1. The number of phenolic OH excluding ortho intramolecular Hbond substituents is 2. The van der Waals surface area contributed by atoms with Crippen molar-refractivity contribution < 1.29 is 36.4 Å². The molecule has 53 heavy (non-hydrogen) atoms. The van der Waals surface area contributed by atoms with Crippen molar-refractivity contribution in [2.45, 2.75) is 57.4 Å². The summed E-state index contributed by atoms with van der Waals surface area (Å²) in [7, 11) is 2.02. The molecular formula is C46H48I2N2O2Zr-2. The Bertz CT molecular complexity index is 1930. The van der Waals surface area contributed by atoms with Crippen molar-refractivity contribution in [1.29, 1.82) is 0 Å². The van der Waals surface area contributed by atoms with Gasteiger partial charge in [0.25, 0.3) is 0 Å². The number of hydrogen-bond acceptors (Lipinski definition) is 4. The van der Waals surface area contributed by atoms with Crippen molar-refractivity contribution >= 4 is 62.8 Å². The average Bonchev–Trinajstić information content (AvgIpc) is 3.11. The van der Waals surface area contributed by atoms with Gasteiger partial charge < -0.3 is 15.1 Å². The number of aliphatic imine (C=N–C) groups is 1. The predicted octanol–water partition coefficient (Wildman–Crippen LogP) is 12.2. The zero-order chi connectivity index (χ0) is 36.8. The monoisotopic (exact) mass is 1000 g/mol. The van der Waals surface area contributed by atoms with Crippen LogP contribution in [0.5, 0.6) is 11.5 Å². The van der Waals surface area contributed by atoms with Crippen molar-refractivity contribution in [2.24, 2.45) is 22.7 Å². The summed E-state index contributed by atoms with van der Waals surface area (Å²) in [4.78, 5) is 7.01. The van der Waals surface area contributed by atoms with Crippen molar-refractivity contribution in [2.75, 3.05) is 11.9 Å². The molecule has 5 aromatic rings. The minimum atomic E-state index is 0. The Morgan fingerprint density at radius 1 is 0.755 bits per heavy atom. The number of hydrogen-bond donors (Lipinski definition) is 2. The SMILES string of the molecule is Cc1cc(C=Nc2ccccc2N(C)Cc2cc(I)cc(I)c2O)c(O)c(C23CC4CC(CC(C4)C2)C3)c1.[CH2-]c1ccccc1.[CH2-]c1ccccc1.[Zr]. The Labute approximate surface area is 363 Å². The third-order valence-corrected chi connectivity index (χ3v) is 12.2. The summed E-state index contributed by atoms with van der Waals surface area (Å²) in [6, 6.07) is 36.1. The molecule has 0 atom stereocenters. The molecule has 4 aliphatic rings. The van der Waals surface area contributed by atoms with Gasteiger partial charge in [0.2, 0.25) is 0 Å². The Kier molecular flexibility index (Phi) is 14.6. The van der Waals surface area contributed by atoms with Crippen LogP contribution in [-0.4, -0.2) is 23.5 Å². The van der Waals surface area contributed by atoms with Crippen LogP contribution in [-0.2, 0) is 38.2 Å². The summed E-state index contributed by atoms with van der Waals surface area (Å²) in [5.41, 5.74) is 8.13. The molecule has 0 amide bonds. The van der Waals surface area contributed by atoms with Crippen LogP contribution in [0.15, 0.2) is 114 Å². The van der Waals surface area contributed by atoms with Gasteiger partial charge in [0, 0.05) is 66.3 Å². The summed E-state index contributed by atoms with van der Waals surface area (Å²) >= 11 is 4.47. The Hall–Kier alpha value is -2.75. The van der Waals surface area contributed by atoms with Crippen molar-refractivity contribution in [3.8, 4) is 11.5 Å². The van der Waals surface area contributed by atoms with E-state index in [9.17, 15) is 10.2 Å². The number of halogens is 2. The van der Waals surface area contributed by atoms with Gasteiger partial charge in [-0.2, -0.15) is 49.2 Å². The van der Waals surface area contributed by atoms with Gasteiger partial charge in [-0.15, -0.1) is 24.3 Å². The average molecular weight is 1010 g/mol. The van der Waals surface area contributed by atoms with Gasteiger partial charge in [-0.25, -0.2) is 0 Å². The third-order valence-electron chi connectivity index (χ3n) is 10.7. The smallest absolute Gasteiger partial charge is 0.133 e. The zero-order valence-corrected chi connectivity index (χ0v) is 37.4. The van der Waals surface area contributed by atoms with Gasteiger partial charge >= 0.3 is 0 Å². The molecule has 274 valence electrons. The third kappa shape index (κ3) is 10.5. The van der Waals surface area contributed by atoms with Crippen molar-refractivity contribution in [3.05, 3.63) is 164 Å². The van der Waals surface area contributed by atoms with Crippen LogP contribution in [0.25, 0.3) is 0 Å². The molecule has 0 saturated heterocycles. The molecule has 4 saturated carbocycles. The van der Waals surface area contributed by atoms with Crippen LogP contribution in [0.2, 0.25) is 0 Å². The molecule has 0 aliphatic heterocycles. The fourth-order valence-electron chi connectivity index (χ4n) is 8.82. The number of rotatable bonds is 6. The summed E-state index contributed by atoms with van der Waals surface area (Å²) in [5, 5.41) is 22.2. The molecule has 4 nitrogen and oxygen atoms in total. The zero-order valence-electron chi connectivity index (χ0n) is 30.6. The molecule has 0 spiro atoms. The first-order chi connectivity index (χ1) is 25.0. The number of phenols is 2. The number of nitrogens with zero attached hydrogens (tertiary/aromatic N) is 2. The summed E-state index contributed by atoms with van der Waals surface area (Å²) in [6.45, 7) is 10.1. The first kappa shape index (κ1) is 41.4. The van der Waals surface area contributed by atoms with E-state index in [0.717, 1.165) is 64.1 Å². The van der Waals surface area contributed by atoms with E-state index in [-0.39, 0.29) is 31.6 Å². The molecule has 0 unspecified atom stereocenters. The molecule has 4 bridgehead atoms. The number of benzene rings is 5. The van der Waals surface area contributed by atoms with E-state index in [1.165, 1.54) is 44.1 Å². The first-order valence-electron chi connectivity index (χ1n) is 18.1. The maximum atomic E-state index is 11.6. The van der Waals surface area contributed by atoms with E-state index in [1.54, 1.807) is 0 Å². The van der Waals surface area contributed by atoms with Crippen LogP contribution in [0.1, 0.15) is 71.9 Å². The van der Waals surface area contributed by atoms with Crippen LogP contribution in [0, 0.1) is 45.7 Å². The molecule has 2 N–H and O–H groups in total. The van der Waals surface area contributed by atoms with E-state index in [4.69, 9.17) is 4.99 Å². The second-order valence-corrected chi connectivity index (χ2v) is 17.3. The fourth-order valence-corrected chi connectivity index (χ4v) is 10.8. The van der Waals surface area contributed by atoms with E-state index in [1.807, 2.05) is 104 Å². The molecule has 7 heteroatoms. The quantitative estimate of drug-likeness (QED) is 0.101. The standard InChI is InChI=1S/C32H34I2N2O2.2C7H7.Zr/c1-19-7-23(30(37)26(8-19)32-14-20-9-21(15-32)11-22(10-20)16-32)17-35-28-5-3-4-6-29(28)36(2)18-24-12-25(33)13-27(34)31(24)38;2*1-7-5-3-2-4-6-7;/h3-8,12-13,17,20-22,37-38H,9-11,14-16,18H2,1-2H3;2*2-6H,1H2;/q;2*-1;. The van der Waals surface area contributed by atoms with Gasteiger partial charge in [-0.1, -0.05) is 30.3 Å². The molecule has 0 radical (unpaired) electrons. The van der Waals surface area contributed by atoms with E-state index < -0.39 is 0 Å². The fraction of sp³-hybridized carbons (Fsp3) is 0.283. The molecule has 0 heterocycles. The number of aryl methyl sites for hydroxylation is 1. The Morgan fingerprint density at radius 2 is 1.28 bits per heavy atom. The minimum absolute atomic E-state index is 0. The first-order valence-corrected chi connectivity index (χ1v) is 20.2. The van der Waals surface area contributed by atoms with Gasteiger partial charge in [0.15, 0.2) is 0 Å². The van der Waals surface area contributed by atoms with E-state index >= 15 is 0 Å². The number of aromatic hydroxyl groups is 2. The largest absolute Gasteiger partial charge is 0.507 e. The maximum absolute atomic E-state index is 11.6. The van der Waals surface area contributed by atoms with Crippen LogP contribution < -0.4 is 4.90 Å². The molecule has 4 fully saturated rings. The van der Waals surface area contributed by atoms with E-state index in [2.05, 4.69) is 89.1 Å². The Balaban J connectivity index is 0.000000301. The van der Waals surface area contributed by atoms with Gasteiger partial charge in [-0.3, -0.25) is 4.99 Å². The summed E-state index contributed by atoms with van der Waals surface area (Å²) in [6.07, 6.45) is 9.70. The molecule has 5 aromatic carbocycles. The Morgan fingerprint density at radius 3 is 1.81 bits per heavy atom. The van der Waals surface area contributed by atoms with Crippen LogP contribution in [0.4, 0.5) is 11.4 Å². The second-order valence-electron chi connectivity index (χ2n) is 14.9. The molecule has 4 aliphatic carbocycles. The number of para-hydroxylation sites is 2. The molecule has 0 aromatic heterocycles. The molecule has 9 rings (SSSR count). The molecular weight excluding hydrogens is 958 g/mol. The normalized spacial score (nSPS) is 20.8. The van der Waals surface area contributed by atoms with Gasteiger partial charge in [-0.05, 0) is 150 Å². The summed E-state index contributed by atoms with van der Waals surface area (Å²) in [5.74, 6) is 3.25. The van der Waals surface area contributed by atoms with Crippen LogP contribution >= 0.6 is 45.2 Å². The topological polar surface area (TPSA) is 56.1 Å². The minimum Gasteiger partial charge on any atom is -0.507 e.